The lowest BCUT2D eigenvalue weighted by molar-refractivity contribution is 0.949. The fourth-order valence-electron chi connectivity index (χ4n) is 2.48. The molecular weight excluding hydrogens is 212 g/mol. The van der Waals surface area contributed by atoms with E-state index in [0.29, 0.717) is 0 Å². The molecule has 0 aliphatic carbocycles. The van der Waals surface area contributed by atoms with E-state index in [2.05, 4.69) is 18.3 Å². The van der Waals surface area contributed by atoms with Gasteiger partial charge in [-0.15, -0.1) is 4.91 Å². The lowest BCUT2D eigenvalue weighted by Gasteiger charge is -2.01. The summed E-state index contributed by atoms with van der Waals surface area (Å²) in [5, 5.41) is 5.37. The zero-order valence-electron chi connectivity index (χ0n) is 9.77. The van der Waals surface area contributed by atoms with E-state index in [-0.39, 0.29) is 0 Å². The average molecular weight is 224 g/mol. The first-order valence-electron chi connectivity index (χ1n) is 5.57. The van der Waals surface area contributed by atoms with Crippen molar-refractivity contribution in [2.45, 2.75) is 13.8 Å². The van der Waals surface area contributed by atoms with Gasteiger partial charge in [-0.05, 0) is 31.0 Å². The van der Waals surface area contributed by atoms with E-state index < -0.39 is 0 Å². The first kappa shape index (κ1) is 10.0. The molecule has 0 N–H and O–H groups in total. The predicted molar refractivity (Wildman–Crippen MR) is 70.1 cm³/mol. The van der Waals surface area contributed by atoms with Gasteiger partial charge in [0.15, 0.2) is 0 Å². The van der Waals surface area contributed by atoms with Crippen LogP contribution in [0.2, 0.25) is 0 Å². The van der Waals surface area contributed by atoms with Gasteiger partial charge < -0.3 is 0 Å². The van der Waals surface area contributed by atoms with Crippen LogP contribution >= 0.6 is 0 Å². The number of fused-ring (bicyclic) bond motifs is 3. The Hall–Kier alpha value is -2.16. The summed E-state index contributed by atoms with van der Waals surface area (Å²) < 4.78 is 1.49. The average Bonchev–Trinajstić information content (AvgIpc) is 2.69. The molecule has 3 rings (SSSR count). The van der Waals surface area contributed by atoms with Gasteiger partial charge in [-0.1, -0.05) is 30.3 Å². The van der Waals surface area contributed by atoms with Crippen molar-refractivity contribution in [1.82, 2.24) is 4.68 Å². The van der Waals surface area contributed by atoms with Crippen molar-refractivity contribution < 1.29 is 0 Å². The second-order valence-electron chi connectivity index (χ2n) is 4.33. The molecule has 0 fully saturated rings. The quantitative estimate of drug-likeness (QED) is 0.576. The number of nitrogens with zero attached hydrogens (tertiary/aromatic N) is 2. The molecule has 1 aromatic heterocycles. The van der Waals surface area contributed by atoms with E-state index in [9.17, 15) is 4.91 Å². The Balaban J connectivity index is 2.73. The number of aromatic nitrogens is 1. The summed E-state index contributed by atoms with van der Waals surface area (Å²) in [4.78, 5) is 11.1. The van der Waals surface area contributed by atoms with Crippen LogP contribution in [0.1, 0.15) is 11.1 Å². The molecule has 2 aromatic carbocycles. The zero-order chi connectivity index (χ0) is 12.0. The number of nitroso groups, excluding NO2 is 1. The maximum atomic E-state index is 11.1. The molecule has 84 valence electrons. The van der Waals surface area contributed by atoms with Gasteiger partial charge in [0.05, 0.1) is 16.3 Å². The van der Waals surface area contributed by atoms with Crippen LogP contribution in [0.4, 0.5) is 0 Å². The number of hydrogen-bond acceptors (Lipinski definition) is 2. The van der Waals surface area contributed by atoms with Crippen molar-refractivity contribution in [2.24, 2.45) is 5.29 Å². The predicted octanol–water partition coefficient (Wildman–Crippen LogP) is 3.94. The first-order chi connectivity index (χ1) is 8.24. The van der Waals surface area contributed by atoms with Crippen LogP contribution in [-0.2, 0) is 0 Å². The highest BCUT2D eigenvalue weighted by molar-refractivity contribution is 6.10. The van der Waals surface area contributed by atoms with E-state index in [4.69, 9.17) is 0 Å². The first-order valence-corrected chi connectivity index (χ1v) is 5.57. The molecule has 0 bridgehead atoms. The maximum Gasteiger partial charge on any atom is 0.0796 e. The van der Waals surface area contributed by atoms with Crippen molar-refractivity contribution in [2.75, 3.05) is 0 Å². The molecular formula is C14H12N2O. The normalized spacial score (nSPS) is 11.2. The Bertz CT molecular complexity index is 741. The summed E-state index contributed by atoms with van der Waals surface area (Å²) in [5.74, 6) is 0. The van der Waals surface area contributed by atoms with Gasteiger partial charge >= 0.3 is 0 Å². The minimum atomic E-state index is 0.870. The van der Waals surface area contributed by atoms with Crippen LogP contribution in [0, 0.1) is 18.8 Å². The van der Waals surface area contributed by atoms with Gasteiger partial charge in [0, 0.05) is 10.8 Å². The topological polar surface area (TPSA) is 34.4 Å². The van der Waals surface area contributed by atoms with Gasteiger partial charge in [0.25, 0.3) is 0 Å². The summed E-state index contributed by atoms with van der Waals surface area (Å²) in [7, 11) is 0. The molecule has 3 nitrogen and oxygen atoms in total. The monoisotopic (exact) mass is 224 g/mol. The molecule has 1 heterocycles. The lowest BCUT2D eigenvalue weighted by Crippen LogP contribution is -1.88. The molecule has 0 saturated carbocycles. The van der Waals surface area contributed by atoms with Crippen LogP contribution in [0.3, 0.4) is 0 Å². The third-order valence-corrected chi connectivity index (χ3v) is 3.28. The van der Waals surface area contributed by atoms with Crippen molar-refractivity contribution in [1.29, 1.82) is 0 Å². The molecule has 17 heavy (non-hydrogen) atoms. The van der Waals surface area contributed by atoms with Crippen molar-refractivity contribution >= 4 is 21.8 Å². The summed E-state index contributed by atoms with van der Waals surface area (Å²) in [6.45, 7) is 4.06. The largest absolute Gasteiger partial charge is 0.196 e. The number of rotatable bonds is 1. The third kappa shape index (κ3) is 1.22. The Labute approximate surface area is 98.6 Å². The molecule has 3 aromatic rings. The van der Waals surface area contributed by atoms with E-state index in [1.54, 1.807) is 0 Å². The van der Waals surface area contributed by atoms with Crippen LogP contribution < -0.4 is 0 Å². The molecule has 0 unspecified atom stereocenters. The molecule has 0 atom stereocenters. The highest BCUT2D eigenvalue weighted by Crippen LogP contribution is 2.33. The standard InChI is InChI=1S/C14H12N2O/c1-9-7-8-10(2)14-13(9)11-5-3-4-6-12(11)16(14)15-17/h3-8H,1-2H3. The number of aryl methyl sites for hydroxylation is 2. The molecule has 0 radical (unpaired) electrons. The fraction of sp³-hybridized carbons (Fsp3) is 0.143. The van der Waals surface area contributed by atoms with E-state index in [1.165, 1.54) is 10.2 Å². The highest BCUT2D eigenvalue weighted by atomic mass is 16.3. The zero-order valence-corrected chi connectivity index (χ0v) is 9.77. The molecule has 0 aliphatic heterocycles. The second kappa shape index (κ2) is 3.42. The number of hydrogen-bond donors (Lipinski definition) is 0. The van der Waals surface area contributed by atoms with Crippen LogP contribution in [-0.4, -0.2) is 4.68 Å². The fourth-order valence-corrected chi connectivity index (χ4v) is 2.48. The summed E-state index contributed by atoms with van der Waals surface area (Å²) >= 11 is 0. The van der Waals surface area contributed by atoms with E-state index >= 15 is 0 Å². The number of para-hydroxylation sites is 1. The molecule has 0 spiro atoms. The Kier molecular flexibility index (Phi) is 2.01. The number of benzene rings is 2. The van der Waals surface area contributed by atoms with Gasteiger partial charge in [0.2, 0.25) is 0 Å². The Morgan fingerprint density at radius 2 is 1.71 bits per heavy atom. The van der Waals surface area contributed by atoms with Gasteiger partial charge in [-0.3, -0.25) is 0 Å². The molecule has 0 aliphatic rings. The molecule has 0 saturated heterocycles. The summed E-state index contributed by atoms with van der Waals surface area (Å²) in [5.41, 5.74) is 4.03. The second-order valence-corrected chi connectivity index (χ2v) is 4.33. The Morgan fingerprint density at radius 3 is 2.47 bits per heavy atom. The van der Waals surface area contributed by atoms with Crippen molar-refractivity contribution in [3.63, 3.8) is 0 Å². The minimum absolute atomic E-state index is 0.870. The smallest absolute Gasteiger partial charge is 0.0796 e. The Morgan fingerprint density at radius 1 is 1.00 bits per heavy atom. The summed E-state index contributed by atoms with van der Waals surface area (Å²) in [6.07, 6.45) is 0. The van der Waals surface area contributed by atoms with Gasteiger partial charge in [-0.25, -0.2) is 0 Å². The van der Waals surface area contributed by atoms with Gasteiger partial charge in [0.1, 0.15) is 0 Å². The van der Waals surface area contributed by atoms with Gasteiger partial charge in [-0.2, -0.15) is 4.68 Å². The van der Waals surface area contributed by atoms with E-state index in [1.807, 2.05) is 37.3 Å². The van der Waals surface area contributed by atoms with Crippen LogP contribution in [0.5, 0.6) is 0 Å². The lowest BCUT2D eigenvalue weighted by atomic mass is 10.0. The molecule has 0 amide bonds. The van der Waals surface area contributed by atoms with E-state index in [0.717, 1.165) is 27.4 Å². The summed E-state index contributed by atoms with van der Waals surface area (Å²) in [6, 6.07) is 12.0. The van der Waals surface area contributed by atoms with Crippen molar-refractivity contribution in [3.8, 4) is 0 Å². The minimum Gasteiger partial charge on any atom is -0.196 e. The maximum absolute atomic E-state index is 11.1. The highest BCUT2D eigenvalue weighted by Gasteiger charge is 2.13. The van der Waals surface area contributed by atoms with Crippen LogP contribution in [0.15, 0.2) is 41.7 Å². The SMILES string of the molecule is Cc1ccc(C)c2c1c1ccccc1n2N=O. The molecule has 3 heteroatoms. The van der Waals surface area contributed by atoms with Crippen molar-refractivity contribution in [3.05, 3.63) is 52.4 Å². The third-order valence-electron chi connectivity index (χ3n) is 3.28. The van der Waals surface area contributed by atoms with Crippen LogP contribution in [0.25, 0.3) is 21.8 Å².